The Morgan fingerprint density at radius 2 is 0.296 bits per heavy atom. The van der Waals surface area contributed by atoms with Crippen LogP contribution in [-0.2, 0) is 0 Å². The van der Waals surface area contributed by atoms with E-state index in [1.165, 1.54) is 0 Å². The maximum Gasteiger partial charge on any atom is 2.00 e. The van der Waals surface area contributed by atoms with Gasteiger partial charge < -0.3 is 71.0 Å². The summed E-state index contributed by atoms with van der Waals surface area (Å²) in [6.45, 7) is 0. The third-order valence-corrected chi connectivity index (χ3v) is 0. The number of rotatable bonds is 0. The summed E-state index contributed by atoms with van der Waals surface area (Å²) >= 11 is 0. The number of carboxylic acid groups (broad SMARTS) is 10. The average Bonchev–Trinajstić information content (AvgIpc) is 1.94. The molecule has 0 fully saturated rings. The van der Waals surface area contributed by atoms with Crippen LogP contribution in [0.4, 0.5) is 24.0 Å². The third-order valence-electron chi connectivity index (χ3n) is 0. The van der Waals surface area contributed by atoms with Gasteiger partial charge in [0.15, 0.2) is 0 Å². The minimum Gasteiger partial charge on any atom is -1.00 e. The summed E-state index contributed by atoms with van der Waals surface area (Å²) in [4.78, 5) is 42.8. The fraction of sp³-hybridized carbons (Fsp3) is 0. The second kappa shape index (κ2) is 69.7. The summed E-state index contributed by atoms with van der Waals surface area (Å²) in [7, 11) is 0. The molecule has 148 valence electrons. The predicted molar refractivity (Wildman–Crippen MR) is 109 cm³/mol. The molecule has 0 amide bonds. The Balaban J connectivity index is -0.00000000253. The molecule has 0 aliphatic heterocycles. The number of carbonyl (C=O) groups is 5. The van der Waals surface area contributed by atoms with Gasteiger partial charge in [-0.25, -0.2) is 24.0 Å². The van der Waals surface area contributed by atoms with Gasteiger partial charge in [-0.3, -0.25) is 0 Å². The van der Waals surface area contributed by atoms with Crippen molar-refractivity contribution in [2.24, 2.45) is 0 Å². The van der Waals surface area contributed by atoms with Gasteiger partial charge in [0, 0.05) is 0 Å². The van der Waals surface area contributed by atoms with E-state index in [0.717, 1.165) is 0 Å². The van der Waals surface area contributed by atoms with Gasteiger partial charge in [0.05, 0.1) is 0 Å². The molecule has 0 rings (SSSR count). The molecule has 0 heterocycles. The van der Waals surface area contributed by atoms with E-state index in [2.05, 4.69) is 0 Å². The van der Waals surface area contributed by atoms with Gasteiger partial charge in [-0.1, -0.05) is 0 Å². The van der Waals surface area contributed by atoms with Crippen LogP contribution < -0.4 is 0 Å². The van der Waals surface area contributed by atoms with Gasteiger partial charge in [-0.05, 0) is 0 Å². The van der Waals surface area contributed by atoms with Crippen LogP contribution >= 0.6 is 0 Å². The van der Waals surface area contributed by atoms with Crippen molar-refractivity contribution in [2.75, 3.05) is 0 Å². The van der Waals surface area contributed by atoms with Crippen molar-refractivity contribution in [2.45, 2.75) is 0 Å². The molecule has 0 radical (unpaired) electrons. The van der Waals surface area contributed by atoms with Crippen molar-refractivity contribution < 1.29 is 95.0 Å². The van der Waals surface area contributed by atoms with E-state index >= 15 is 0 Å². The molecule has 15 nitrogen and oxygen atoms in total. The fourth-order valence-corrected chi connectivity index (χ4v) is 0. The summed E-state index contributed by atoms with van der Waals surface area (Å²) in [6, 6.07) is 0. The minimum absolute atomic E-state index is 0. The molecule has 0 saturated heterocycles. The van der Waals surface area contributed by atoms with Crippen molar-refractivity contribution in [3.05, 3.63) is 0 Å². The van der Waals surface area contributed by atoms with E-state index in [9.17, 15) is 0 Å². The van der Waals surface area contributed by atoms with Gasteiger partial charge in [-0.15, -0.1) is 0 Å². The van der Waals surface area contributed by atoms with Gasteiger partial charge in [0.1, 0.15) is 0 Å². The first kappa shape index (κ1) is 76.8. The average molecular weight is 605 g/mol. The summed E-state index contributed by atoms with van der Waals surface area (Å²) in [5, 5.41) is 69.7. The Bertz CT molecular complexity index is 261. The van der Waals surface area contributed by atoms with Crippen LogP contribution in [-0.4, -0.2) is 346 Å². The van der Waals surface area contributed by atoms with Crippen molar-refractivity contribution in [3.8, 4) is 0 Å². The van der Waals surface area contributed by atoms with Gasteiger partial charge in [0.2, 0.25) is 0 Å². The van der Waals surface area contributed by atoms with Crippen LogP contribution in [0.1, 0.15) is 20.0 Å². The number of hydrogen-bond acceptors (Lipinski definition) is 5. The summed E-state index contributed by atoms with van der Waals surface area (Å²) in [5.41, 5.74) is 0. The van der Waals surface area contributed by atoms with E-state index in [-0.39, 0.29) is 284 Å². The maximum absolute atomic E-state index is 8.56. The topological polar surface area (TPSA) is 288 Å². The Morgan fingerprint density at radius 3 is 0.296 bits per heavy atom. The van der Waals surface area contributed by atoms with E-state index in [1.807, 2.05) is 0 Å². The molecule has 0 bridgehead atoms. The molecule has 0 aliphatic rings. The minimum atomic E-state index is -1.83. The molecule has 0 aromatic rings. The van der Waals surface area contributed by atoms with Crippen LogP contribution in [0, 0.1) is 0 Å². The van der Waals surface area contributed by atoms with Crippen molar-refractivity contribution >= 4 is 295 Å². The van der Waals surface area contributed by atoms with Crippen LogP contribution in [0.3, 0.4) is 0 Å². The van der Waals surface area contributed by atoms with Crippen LogP contribution in [0.2, 0.25) is 0 Å². The SMILES string of the molecule is O=C(O)O.O=C(O)O.O=C(O)O.O=C(O)O.O=C(O)O.[Ca+2].[Ca+2].[Ca+2].[Ca+2].[Ca+2].[Ca+2].[Ca+2].[H-].[H-].[H-].[H-].[H-].[H-].[H-].[H-].[H-].[H-].[H-].[H-].[H-].[H-]. The van der Waals surface area contributed by atoms with Crippen molar-refractivity contribution in [1.82, 2.24) is 0 Å². The second-order valence-electron chi connectivity index (χ2n) is 1.41. The Hall–Kier alpha value is 5.17. The third kappa shape index (κ3) is 993. The monoisotopic (exact) mass is 604 g/mol. The molecule has 22 heteroatoms. The molecule has 27 heavy (non-hydrogen) atoms. The standard InChI is InChI=1S/5CH2O3.7Ca.14H/c5*2-1(3)4;;;;;;;;;;;;;;;;;;;;;/h5*(H2,2,3,4);;;;;;;;;;;;;;;;;;;;;/q;;;;;7*+2;14*-1. The summed E-state index contributed by atoms with van der Waals surface area (Å²) in [6.07, 6.45) is -9.17. The molecular formula is C5H24Ca7O15. The molecule has 0 aromatic carbocycles. The van der Waals surface area contributed by atoms with Crippen LogP contribution in [0.15, 0.2) is 0 Å². The fourth-order valence-electron chi connectivity index (χ4n) is 0. The predicted octanol–water partition coefficient (Wildman–Crippen LogP) is 0.0214. The Labute approximate surface area is 381 Å². The van der Waals surface area contributed by atoms with Crippen molar-refractivity contribution in [1.29, 1.82) is 0 Å². The zero-order valence-corrected chi connectivity index (χ0v) is 29.4. The molecule has 0 saturated carbocycles. The summed E-state index contributed by atoms with van der Waals surface area (Å²) < 4.78 is 0. The quantitative estimate of drug-likeness (QED) is 0.163. The normalized spacial score (nSPS) is 4.44. The molecule has 10 N–H and O–H groups in total. The molecule has 0 atom stereocenters. The molecule has 0 unspecified atom stereocenters. The zero-order valence-electron chi connectivity index (χ0n) is 28.0. The van der Waals surface area contributed by atoms with Gasteiger partial charge >= 0.3 is 295 Å². The second-order valence-corrected chi connectivity index (χ2v) is 1.41. The first-order valence-corrected chi connectivity index (χ1v) is 3.26. The first-order chi connectivity index (χ1) is 8.66. The molecule has 0 spiro atoms. The first-order valence-electron chi connectivity index (χ1n) is 3.26. The molecule has 0 aromatic heterocycles. The molecular weight excluding hydrogens is 581 g/mol. The number of hydrogen-bond donors (Lipinski definition) is 10. The largest absolute Gasteiger partial charge is 2.00 e. The van der Waals surface area contributed by atoms with Crippen LogP contribution in [0.5, 0.6) is 0 Å². The Kier molecular flexibility index (Phi) is 198. The maximum atomic E-state index is 8.56. The van der Waals surface area contributed by atoms with Gasteiger partial charge in [0.25, 0.3) is 0 Å². The van der Waals surface area contributed by atoms with Gasteiger partial charge in [-0.2, -0.15) is 0 Å². The van der Waals surface area contributed by atoms with E-state index in [0.29, 0.717) is 0 Å². The molecule has 0 aliphatic carbocycles. The van der Waals surface area contributed by atoms with Crippen LogP contribution in [0.25, 0.3) is 0 Å². The summed E-state index contributed by atoms with van der Waals surface area (Å²) in [5.74, 6) is 0. The van der Waals surface area contributed by atoms with E-state index < -0.39 is 30.8 Å². The smallest absolute Gasteiger partial charge is 1.00 e. The van der Waals surface area contributed by atoms with E-state index in [4.69, 9.17) is 75.0 Å². The van der Waals surface area contributed by atoms with Crippen molar-refractivity contribution in [3.63, 3.8) is 0 Å². The Morgan fingerprint density at radius 1 is 0.296 bits per heavy atom. The zero-order chi connectivity index (χ0) is 17.9. The van der Waals surface area contributed by atoms with E-state index in [1.54, 1.807) is 0 Å².